The lowest BCUT2D eigenvalue weighted by Crippen LogP contribution is -2.78. The predicted octanol–water partition coefficient (Wildman–Crippen LogP) is 1.24. The van der Waals surface area contributed by atoms with Crippen molar-refractivity contribution in [3.05, 3.63) is 23.8 Å². The second kappa shape index (κ2) is 7.56. The van der Waals surface area contributed by atoms with Crippen molar-refractivity contribution in [3.8, 4) is 0 Å². The van der Waals surface area contributed by atoms with Crippen LogP contribution in [0, 0.1) is 0 Å². The lowest BCUT2D eigenvalue weighted by atomic mass is 9.86. The number of carbonyl (C=O) groups excluding carboxylic acids is 4. The van der Waals surface area contributed by atoms with Crippen LogP contribution < -0.4 is 16.0 Å². The lowest BCUT2D eigenvalue weighted by Gasteiger charge is -2.51. The topological polar surface area (TPSA) is 145 Å². The van der Waals surface area contributed by atoms with E-state index in [1.807, 2.05) is 0 Å². The minimum atomic E-state index is -1.35. The highest BCUT2D eigenvalue weighted by atomic mass is 32.2. The fraction of sp³-hybridized carbons (Fsp3) is 0.450. The third-order valence-corrected chi connectivity index (χ3v) is 7.05. The van der Waals surface area contributed by atoms with Crippen LogP contribution in [0.25, 0.3) is 0 Å². The van der Waals surface area contributed by atoms with Crippen LogP contribution in [0.1, 0.15) is 45.0 Å². The van der Waals surface area contributed by atoms with Gasteiger partial charge in [-0.15, -0.1) is 11.8 Å². The molecule has 0 saturated carbocycles. The van der Waals surface area contributed by atoms with Crippen LogP contribution in [0.3, 0.4) is 0 Å². The normalized spacial score (nSPS) is 25.8. The molecule has 4 amide bonds. The zero-order valence-corrected chi connectivity index (χ0v) is 18.5. The number of fused-ring (bicyclic) bond motifs is 1. The standard InChI is InChI=1S/C20H24N4O6S/c1-9(25)21-11-7-6-8-12(22-10(2)26)13(11)15(27)23-20(5)17(30)24-14(16(28)29)19(3,4)31-18(20)24/h6-8,14,18H,1-5H3,(H,21,25)(H,22,26)(H,23,27)(H,28,29)/t14-,18+,20-/m0/s1. The molecule has 0 radical (unpaired) electrons. The number of rotatable bonds is 5. The number of β-lactam (4-membered cyclic amide) rings is 1. The molecular formula is C20H24N4O6S. The molecule has 2 aliphatic rings. The molecule has 2 saturated heterocycles. The van der Waals surface area contributed by atoms with Crippen molar-refractivity contribution in [3.63, 3.8) is 0 Å². The molecule has 31 heavy (non-hydrogen) atoms. The highest BCUT2D eigenvalue weighted by Crippen LogP contribution is 2.54. The van der Waals surface area contributed by atoms with Crippen molar-refractivity contribution in [1.29, 1.82) is 0 Å². The van der Waals surface area contributed by atoms with Crippen LogP contribution in [0.4, 0.5) is 11.4 Å². The molecule has 2 fully saturated rings. The number of nitrogens with one attached hydrogen (secondary N) is 3. The van der Waals surface area contributed by atoms with Crippen LogP contribution in [0.2, 0.25) is 0 Å². The first-order valence-electron chi connectivity index (χ1n) is 9.53. The first kappa shape index (κ1) is 22.6. The van der Waals surface area contributed by atoms with Crippen molar-refractivity contribution in [2.45, 2.75) is 56.3 Å². The summed E-state index contributed by atoms with van der Waals surface area (Å²) in [6, 6.07) is 3.57. The summed E-state index contributed by atoms with van der Waals surface area (Å²) in [6.45, 7) is 7.59. The Morgan fingerprint density at radius 2 is 1.55 bits per heavy atom. The summed E-state index contributed by atoms with van der Waals surface area (Å²) in [7, 11) is 0. The van der Waals surface area contributed by atoms with Gasteiger partial charge in [0.1, 0.15) is 17.0 Å². The molecule has 0 spiro atoms. The quantitative estimate of drug-likeness (QED) is 0.496. The Morgan fingerprint density at radius 1 is 1.03 bits per heavy atom. The van der Waals surface area contributed by atoms with E-state index in [1.165, 1.54) is 42.6 Å². The van der Waals surface area contributed by atoms with Crippen molar-refractivity contribution >= 4 is 52.7 Å². The van der Waals surface area contributed by atoms with Gasteiger partial charge in [0, 0.05) is 18.6 Å². The minimum absolute atomic E-state index is 0.00239. The SMILES string of the molecule is CC(=O)Nc1cccc(NC(C)=O)c1C(=O)N[C@@]1(C)C(=O)N2[C@@H](C(=O)O)C(C)(C)S[C@@H]21. The van der Waals surface area contributed by atoms with E-state index >= 15 is 0 Å². The molecule has 166 valence electrons. The number of hydrogen-bond donors (Lipinski definition) is 4. The summed E-state index contributed by atoms with van der Waals surface area (Å²) >= 11 is 1.30. The number of anilines is 2. The number of amides is 4. The van der Waals surface area contributed by atoms with Crippen LogP contribution in [-0.2, 0) is 19.2 Å². The summed E-state index contributed by atoms with van der Waals surface area (Å²) in [5.74, 6) is -3.12. The Labute approximate surface area is 183 Å². The molecule has 10 nitrogen and oxygen atoms in total. The zero-order chi connectivity index (χ0) is 23.3. The van der Waals surface area contributed by atoms with E-state index in [0.717, 1.165) is 0 Å². The minimum Gasteiger partial charge on any atom is -0.480 e. The fourth-order valence-corrected chi connectivity index (χ4v) is 5.67. The number of thioether (sulfide) groups is 1. The van der Waals surface area contributed by atoms with Crippen LogP contribution in [-0.4, -0.2) is 61.3 Å². The van der Waals surface area contributed by atoms with Crippen LogP contribution in [0.5, 0.6) is 0 Å². The van der Waals surface area contributed by atoms with Gasteiger partial charge in [0.2, 0.25) is 11.8 Å². The van der Waals surface area contributed by atoms with Gasteiger partial charge in [0.25, 0.3) is 11.8 Å². The Hall–Kier alpha value is -3.08. The lowest BCUT2D eigenvalue weighted by molar-refractivity contribution is -0.165. The number of aliphatic carboxylic acids is 1. The number of carbonyl (C=O) groups is 5. The van der Waals surface area contributed by atoms with Crippen LogP contribution in [0.15, 0.2) is 18.2 Å². The fourth-order valence-electron chi connectivity index (χ4n) is 4.02. The number of carboxylic acids is 1. The summed E-state index contributed by atoms with van der Waals surface area (Å²) in [4.78, 5) is 62.4. The number of carboxylic acid groups (broad SMARTS) is 1. The van der Waals surface area contributed by atoms with E-state index < -0.39 is 51.3 Å². The van der Waals surface area contributed by atoms with Crippen LogP contribution >= 0.6 is 11.8 Å². The number of nitrogens with zero attached hydrogens (tertiary/aromatic N) is 1. The maximum absolute atomic E-state index is 13.3. The van der Waals surface area contributed by atoms with Gasteiger partial charge in [-0.1, -0.05) is 6.07 Å². The van der Waals surface area contributed by atoms with Crippen molar-refractivity contribution in [2.24, 2.45) is 0 Å². The molecule has 2 aliphatic heterocycles. The predicted molar refractivity (Wildman–Crippen MR) is 115 cm³/mol. The number of benzene rings is 1. The first-order valence-corrected chi connectivity index (χ1v) is 10.4. The van der Waals surface area contributed by atoms with Crippen molar-refractivity contribution in [1.82, 2.24) is 10.2 Å². The van der Waals surface area contributed by atoms with E-state index in [-0.39, 0.29) is 16.9 Å². The van der Waals surface area contributed by atoms with Gasteiger partial charge in [-0.05, 0) is 32.9 Å². The highest BCUT2D eigenvalue weighted by Gasteiger charge is 2.70. The average molecular weight is 449 g/mol. The second-order valence-corrected chi connectivity index (χ2v) is 10.0. The second-order valence-electron chi connectivity index (χ2n) is 8.27. The van der Waals surface area contributed by atoms with E-state index in [2.05, 4.69) is 16.0 Å². The Bertz CT molecular complexity index is 975. The Kier molecular flexibility index (Phi) is 5.51. The molecule has 0 unspecified atom stereocenters. The molecule has 1 aromatic carbocycles. The van der Waals surface area contributed by atoms with E-state index in [4.69, 9.17) is 0 Å². The highest BCUT2D eigenvalue weighted by molar-refractivity contribution is 8.01. The summed E-state index contributed by atoms with van der Waals surface area (Å²) in [5.41, 5.74) is -1.00. The van der Waals surface area contributed by atoms with E-state index in [1.54, 1.807) is 26.8 Å². The molecule has 1 aromatic rings. The molecule has 3 rings (SSSR count). The maximum atomic E-state index is 13.3. The average Bonchev–Trinajstić information content (AvgIpc) is 2.90. The summed E-state index contributed by atoms with van der Waals surface area (Å²) in [6.07, 6.45) is 0. The van der Waals surface area contributed by atoms with E-state index in [0.29, 0.717) is 0 Å². The summed E-state index contributed by atoms with van der Waals surface area (Å²) < 4.78 is -0.746. The molecule has 0 aliphatic carbocycles. The third-order valence-electron chi connectivity index (χ3n) is 5.30. The molecule has 11 heteroatoms. The molecule has 2 heterocycles. The molecule has 3 atom stereocenters. The van der Waals surface area contributed by atoms with Crippen molar-refractivity contribution in [2.75, 3.05) is 10.6 Å². The zero-order valence-electron chi connectivity index (χ0n) is 17.7. The van der Waals surface area contributed by atoms with Gasteiger partial charge in [-0.2, -0.15) is 0 Å². The molecule has 4 N–H and O–H groups in total. The van der Waals surface area contributed by atoms with Gasteiger partial charge in [-0.25, -0.2) is 4.79 Å². The first-order chi connectivity index (χ1) is 14.3. The van der Waals surface area contributed by atoms with Gasteiger partial charge >= 0.3 is 5.97 Å². The monoisotopic (exact) mass is 448 g/mol. The molecule has 0 bridgehead atoms. The Morgan fingerprint density at radius 3 is 2.00 bits per heavy atom. The van der Waals surface area contributed by atoms with Gasteiger partial charge in [-0.3, -0.25) is 19.2 Å². The maximum Gasteiger partial charge on any atom is 0.327 e. The van der Waals surface area contributed by atoms with Crippen molar-refractivity contribution < 1.29 is 29.1 Å². The molecular weight excluding hydrogens is 424 g/mol. The van der Waals surface area contributed by atoms with Gasteiger partial charge in [0.05, 0.1) is 16.9 Å². The van der Waals surface area contributed by atoms with E-state index in [9.17, 15) is 29.1 Å². The molecule has 0 aromatic heterocycles. The largest absolute Gasteiger partial charge is 0.480 e. The Balaban J connectivity index is 1.95. The van der Waals surface area contributed by atoms with Gasteiger partial charge < -0.3 is 26.0 Å². The smallest absolute Gasteiger partial charge is 0.327 e. The summed E-state index contributed by atoms with van der Waals surface area (Å²) in [5, 5.41) is 16.8. The third kappa shape index (κ3) is 3.73. The van der Waals surface area contributed by atoms with Gasteiger partial charge in [0.15, 0.2) is 0 Å². The number of hydrogen-bond acceptors (Lipinski definition) is 6.